The van der Waals surface area contributed by atoms with Gasteiger partial charge in [-0.15, -0.1) is 0 Å². The monoisotopic (exact) mass is 561 g/mol. The second-order valence-electron chi connectivity index (χ2n) is 11.4. The first-order chi connectivity index (χ1) is 21.8. The van der Waals surface area contributed by atoms with E-state index >= 15 is 0 Å². The van der Waals surface area contributed by atoms with Gasteiger partial charge in [0.25, 0.3) is 0 Å². The van der Waals surface area contributed by atoms with Gasteiger partial charge in [0.1, 0.15) is 11.2 Å². The van der Waals surface area contributed by atoms with Crippen LogP contribution in [0.5, 0.6) is 0 Å². The molecule has 0 saturated heterocycles. The summed E-state index contributed by atoms with van der Waals surface area (Å²) in [6.07, 6.45) is 0. The Hall–Kier alpha value is -5.86. The van der Waals surface area contributed by atoms with Crippen molar-refractivity contribution in [3.8, 4) is 11.1 Å². The molecule has 0 spiro atoms. The van der Waals surface area contributed by atoms with Crippen molar-refractivity contribution in [3.63, 3.8) is 0 Å². The quantitative estimate of drug-likeness (QED) is 0.199. The predicted octanol–water partition coefficient (Wildman–Crippen LogP) is 12.2. The third-order valence-corrected chi connectivity index (χ3v) is 8.82. The van der Waals surface area contributed by atoms with Crippen LogP contribution in [-0.2, 0) is 0 Å². The summed E-state index contributed by atoms with van der Waals surface area (Å²) in [5.74, 6) is 0. The van der Waals surface area contributed by atoms with E-state index in [1.807, 2.05) is 0 Å². The summed E-state index contributed by atoms with van der Waals surface area (Å²) in [4.78, 5) is 2.36. The maximum atomic E-state index is 6.36. The Kier molecular flexibility index (Phi) is 5.54. The minimum absolute atomic E-state index is 0.893. The second kappa shape index (κ2) is 9.86. The molecule has 8 aromatic carbocycles. The summed E-state index contributed by atoms with van der Waals surface area (Å²) in [7, 11) is 0. The molecule has 2 heteroatoms. The zero-order valence-corrected chi connectivity index (χ0v) is 23.9. The highest BCUT2D eigenvalue weighted by atomic mass is 16.3. The molecule has 9 rings (SSSR count). The van der Waals surface area contributed by atoms with Crippen molar-refractivity contribution < 1.29 is 4.42 Å². The van der Waals surface area contributed by atoms with Crippen LogP contribution in [0.15, 0.2) is 168 Å². The highest BCUT2D eigenvalue weighted by Gasteiger charge is 2.17. The third-order valence-electron chi connectivity index (χ3n) is 8.82. The van der Waals surface area contributed by atoms with E-state index in [0.717, 1.165) is 39.0 Å². The molecule has 2 nitrogen and oxygen atoms in total. The summed E-state index contributed by atoms with van der Waals surface area (Å²) in [6, 6.07) is 58.6. The lowest BCUT2D eigenvalue weighted by Gasteiger charge is -2.26. The summed E-state index contributed by atoms with van der Waals surface area (Å²) >= 11 is 0. The van der Waals surface area contributed by atoms with Crippen LogP contribution in [0.1, 0.15) is 0 Å². The number of furan rings is 1. The Morgan fingerprint density at radius 1 is 0.341 bits per heavy atom. The summed E-state index contributed by atoms with van der Waals surface area (Å²) in [6.45, 7) is 0. The Morgan fingerprint density at radius 2 is 0.864 bits per heavy atom. The van der Waals surface area contributed by atoms with Crippen LogP contribution in [0.2, 0.25) is 0 Å². The van der Waals surface area contributed by atoms with Gasteiger partial charge in [-0.3, -0.25) is 0 Å². The number of fused-ring (bicyclic) bond motifs is 8. The van der Waals surface area contributed by atoms with E-state index in [1.54, 1.807) is 0 Å². The van der Waals surface area contributed by atoms with Gasteiger partial charge >= 0.3 is 0 Å². The first kappa shape index (κ1) is 24.7. The molecule has 0 amide bonds. The molecule has 0 N–H and O–H groups in total. The lowest BCUT2D eigenvalue weighted by molar-refractivity contribution is 0.669. The molecule has 0 bridgehead atoms. The van der Waals surface area contributed by atoms with E-state index in [2.05, 4.69) is 169 Å². The molecule has 0 aliphatic carbocycles. The Balaban J connectivity index is 1.28. The molecular formula is C42H27NO. The summed E-state index contributed by atoms with van der Waals surface area (Å²) in [5, 5.41) is 9.67. The topological polar surface area (TPSA) is 16.4 Å². The molecule has 0 fully saturated rings. The summed E-state index contributed by atoms with van der Waals surface area (Å²) < 4.78 is 6.36. The lowest BCUT2D eigenvalue weighted by atomic mass is 10.0. The molecule has 1 heterocycles. The molecule has 44 heavy (non-hydrogen) atoms. The highest BCUT2D eigenvalue weighted by Crippen LogP contribution is 2.42. The SMILES string of the molecule is c1ccc(-c2ccc(N(c3ccc4ccc5ccccc5c4c3)c3ccc4oc5ccc6ccccc6c5c4c3)cc2)cc1. The highest BCUT2D eigenvalue weighted by molar-refractivity contribution is 6.19. The van der Waals surface area contributed by atoms with Gasteiger partial charge in [0.2, 0.25) is 0 Å². The first-order valence-corrected chi connectivity index (χ1v) is 15.0. The van der Waals surface area contributed by atoms with Gasteiger partial charge in [0.05, 0.1) is 0 Å². The number of anilines is 3. The Labute approximate surface area is 255 Å². The predicted molar refractivity (Wildman–Crippen MR) is 186 cm³/mol. The van der Waals surface area contributed by atoms with Crippen LogP contribution in [-0.4, -0.2) is 0 Å². The van der Waals surface area contributed by atoms with E-state index in [4.69, 9.17) is 4.42 Å². The molecule has 1 aromatic heterocycles. The minimum atomic E-state index is 0.893. The molecule has 0 radical (unpaired) electrons. The Morgan fingerprint density at radius 3 is 1.66 bits per heavy atom. The van der Waals surface area contributed by atoms with Gasteiger partial charge in [-0.2, -0.15) is 0 Å². The van der Waals surface area contributed by atoms with E-state index in [9.17, 15) is 0 Å². The van der Waals surface area contributed by atoms with Crippen molar-refractivity contribution in [1.29, 1.82) is 0 Å². The van der Waals surface area contributed by atoms with Gasteiger partial charge in [0, 0.05) is 27.8 Å². The number of hydrogen-bond acceptors (Lipinski definition) is 2. The van der Waals surface area contributed by atoms with E-state index in [0.29, 0.717) is 0 Å². The fraction of sp³-hybridized carbons (Fsp3) is 0. The second-order valence-corrected chi connectivity index (χ2v) is 11.4. The van der Waals surface area contributed by atoms with Crippen LogP contribution in [0, 0.1) is 0 Å². The fourth-order valence-corrected chi connectivity index (χ4v) is 6.68. The van der Waals surface area contributed by atoms with Crippen molar-refractivity contribution in [2.24, 2.45) is 0 Å². The van der Waals surface area contributed by atoms with E-state index in [1.165, 1.54) is 43.4 Å². The van der Waals surface area contributed by atoms with Gasteiger partial charge < -0.3 is 9.32 Å². The zero-order valence-electron chi connectivity index (χ0n) is 23.9. The number of rotatable bonds is 4. The summed E-state index contributed by atoms with van der Waals surface area (Å²) in [5.41, 5.74) is 7.50. The van der Waals surface area contributed by atoms with Crippen LogP contribution >= 0.6 is 0 Å². The number of nitrogens with zero attached hydrogens (tertiary/aromatic N) is 1. The number of benzene rings is 8. The third kappa shape index (κ3) is 3.96. The molecule has 9 aromatic rings. The standard InChI is InChI=1S/C42H27NO/c1-2-8-28(9-3-1)29-16-20-33(21-17-29)43(34-22-18-32-15-14-30-10-4-6-12-36(30)38(32)26-34)35-23-25-40-39(27-35)42-37-13-7-5-11-31(37)19-24-41(42)44-40/h1-27H. The van der Waals surface area contributed by atoms with Crippen molar-refractivity contribution in [1.82, 2.24) is 0 Å². The van der Waals surface area contributed by atoms with Crippen LogP contribution in [0.3, 0.4) is 0 Å². The molecule has 0 aliphatic heterocycles. The first-order valence-electron chi connectivity index (χ1n) is 15.0. The van der Waals surface area contributed by atoms with Crippen molar-refractivity contribution in [2.45, 2.75) is 0 Å². The van der Waals surface area contributed by atoms with Gasteiger partial charge in [-0.25, -0.2) is 0 Å². The van der Waals surface area contributed by atoms with Crippen molar-refractivity contribution in [3.05, 3.63) is 164 Å². The molecule has 0 aliphatic rings. The largest absolute Gasteiger partial charge is 0.456 e. The van der Waals surface area contributed by atoms with Crippen LogP contribution < -0.4 is 4.90 Å². The molecule has 206 valence electrons. The lowest BCUT2D eigenvalue weighted by Crippen LogP contribution is -2.09. The normalized spacial score (nSPS) is 11.6. The van der Waals surface area contributed by atoms with Gasteiger partial charge in [-0.1, -0.05) is 115 Å². The molecule has 0 unspecified atom stereocenters. The minimum Gasteiger partial charge on any atom is -0.456 e. The van der Waals surface area contributed by atoms with Gasteiger partial charge in [-0.05, 0) is 92.0 Å². The van der Waals surface area contributed by atoms with E-state index in [-0.39, 0.29) is 0 Å². The average molecular weight is 562 g/mol. The maximum Gasteiger partial charge on any atom is 0.136 e. The molecule has 0 atom stereocenters. The molecular weight excluding hydrogens is 534 g/mol. The number of hydrogen-bond donors (Lipinski definition) is 0. The fourth-order valence-electron chi connectivity index (χ4n) is 6.68. The van der Waals surface area contributed by atoms with Crippen molar-refractivity contribution in [2.75, 3.05) is 4.90 Å². The van der Waals surface area contributed by atoms with Crippen LogP contribution in [0.4, 0.5) is 17.1 Å². The van der Waals surface area contributed by atoms with Crippen molar-refractivity contribution >= 4 is 71.3 Å². The Bertz CT molecular complexity index is 2490. The average Bonchev–Trinajstić information content (AvgIpc) is 3.48. The smallest absolute Gasteiger partial charge is 0.136 e. The maximum absolute atomic E-state index is 6.36. The van der Waals surface area contributed by atoms with Crippen LogP contribution in [0.25, 0.3) is 65.4 Å². The van der Waals surface area contributed by atoms with E-state index < -0.39 is 0 Å². The van der Waals surface area contributed by atoms with Gasteiger partial charge in [0.15, 0.2) is 0 Å². The molecule has 0 saturated carbocycles. The zero-order chi connectivity index (χ0) is 29.0.